The molecule has 1 atom stereocenters. The lowest BCUT2D eigenvalue weighted by Crippen LogP contribution is -2.15. The normalized spacial score (nSPS) is 11.9. The minimum absolute atomic E-state index is 0.0369. The second-order valence-corrected chi connectivity index (χ2v) is 9.73. The quantitative estimate of drug-likeness (QED) is 0.221. The van der Waals surface area contributed by atoms with Gasteiger partial charge in [-0.2, -0.15) is 0 Å². The van der Waals surface area contributed by atoms with Crippen LogP contribution in [-0.2, 0) is 17.6 Å². The van der Waals surface area contributed by atoms with Crippen LogP contribution >= 0.6 is 0 Å². The summed E-state index contributed by atoms with van der Waals surface area (Å²) < 4.78 is 42.4. The van der Waals surface area contributed by atoms with Crippen LogP contribution in [0.4, 0.5) is 13.2 Å². The molecule has 40 heavy (non-hydrogen) atoms. The predicted molar refractivity (Wildman–Crippen MR) is 148 cm³/mol. The Morgan fingerprint density at radius 1 is 0.825 bits per heavy atom. The fourth-order valence-corrected chi connectivity index (χ4v) is 5.15. The largest absolute Gasteiger partial charge is 0.366 e. The molecule has 0 bridgehead atoms. The molecule has 0 spiro atoms. The first kappa shape index (κ1) is 26.8. The first-order chi connectivity index (χ1) is 19.3. The lowest BCUT2D eigenvalue weighted by molar-refractivity contribution is -0.118. The second kappa shape index (κ2) is 11.5. The van der Waals surface area contributed by atoms with E-state index in [9.17, 15) is 22.8 Å². The highest BCUT2D eigenvalue weighted by atomic mass is 19.1. The number of carbonyl (C=O) groups excluding carboxylic acids is 2. The topological polar surface area (TPSA) is 73.1 Å². The molecule has 4 aromatic carbocycles. The number of nitrogens with zero attached hydrogens (tertiary/aromatic N) is 1. The zero-order valence-corrected chi connectivity index (χ0v) is 21.4. The highest BCUT2D eigenvalue weighted by molar-refractivity contribution is 5.94. The van der Waals surface area contributed by atoms with E-state index in [0.29, 0.717) is 22.4 Å². The Balaban J connectivity index is 1.54. The number of rotatable bonds is 9. The van der Waals surface area contributed by atoms with Crippen molar-refractivity contribution in [2.45, 2.75) is 25.2 Å². The van der Waals surface area contributed by atoms with E-state index in [1.165, 1.54) is 24.3 Å². The third-order valence-electron chi connectivity index (χ3n) is 6.91. The van der Waals surface area contributed by atoms with Crippen molar-refractivity contribution < 1.29 is 22.8 Å². The van der Waals surface area contributed by atoms with E-state index in [1.807, 2.05) is 42.5 Å². The fourth-order valence-electron chi connectivity index (χ4n) is 5.15. The Kier molecular flexibility index (Phi) is 7.73. The van der Waals surface area contributed by atoms with E-state index < -0.39 is 29.3 Å². The molecule has 1 amide bonds. The van der Waals surface area contributed by atoms with Gasteiger partial charge < -0.3 is 5.73 Å². The summed E-state index contributed by atoms with van der Waals surface area (Å²) in [5.41, 5.74) is 7.86. The Labute approximate surface area is 229 Å². The summed E-state index contributed by atoms with van der Waals surface area (Å²) in [6.07, 6.45) is 1.89. The number of halogens is 3. The molecule has 0 radical (unpaired) electrons. The molecule has 0 fully saturated rings. The van der Waals surface area contributed by atoms with Crippen LogP contribution in [0.25, 0.3) is 21.9 Å². The molecular weight excluding hydrogens is 513 g/mol. The van der Waals surface area contributed by atoms with Crippen molar-refractivity contribution in [2.24, 2.45) is 5.73 Å². The van der Waals surface area contributed by atoms with Gasteiger partial charge in [0.15, 0.2) is 0 Å². The number of hydrogen-bond donors (Lipinski definition) is 1. The highest BCUT2D eigenvalue weighted by Crippen LogP contribution is 2.34. The molecular formula is C33H25F3N2O2. The molecule has 200 valence electrons. The molecule has 4 nitrogen and oxygen atoms in total. The number of benzene rings is 4. The van der Waals surface area contributed by atoms with Gasteiger partial charge in [0.05, 0.1) is 11.3 Å². The van der Waals surface area contributed by atoms with Gasteiger partial charge in [0.25, 0.3) is 5.91 Å². The van der Waals surface area contributed by atoms with Gasteiger partial charge >= 0.3 is 0 Å². The maximum Gasteiger partial charge on any atom is 0.251 e. The summed E-state index contributed by atoms with van der Waals surface area (Å²) in [6, 6.07) is 24.3. The molecule has 2 N–H and O–H groups in total. The number of Topliss-reactive ketones (excluding diaryl/α,β-unsaturated/α-hetero) is 1. The molecule has 5 aromatic rings. The van der Waals surface area contributed by atoms with Gasteiger partial charge in [-0.3, -0.25) is 14.6 Å². The molecule has 5 rings (SSSR count). The average Bonchev–Trinajstić information content (AvgIpc) is 2.92. The van der Waals surface area contributed by atoms with Crippen molar-refractivity contribution in [3.8, 4) is 11.1 Å². The summed E-state index contributed by atoms with van der Waals surface area (Å²) in [6.45, 7) is 0. The van der Waals surface area contributed by atoms with Crippen LogP contribution in [0.1, 0.15) is 39.5 Å². The first-order valence-electron chi connectivity index (χ1n) is 12.8. The van der Waals surface area contributed by atoms with Gasteiger partial charge in [0.1, 0.15) is 23.2 Å². The summed E-state index contributed by atoms with van der Waals surface area (Å²) in [4.78, 5) is 29.9. The molecule has 0 saturated heterocycles. The zero-order valence-electron chi connectivity index (χ0n) is 21.4. The Bertz CT molecular complexity index is 1710. The fraction of sp³-hybridized carbons (Fsp3) is 0.121. The lowest BCUT2D eigenvalue weighted by Gasteiger charge is -2.20. The predicted octanol–water partition coefficient (Wildman–Crippen LogP) is 6.95. The van der Waals surface area contributed by atoms with E-state index in [0.717, 1.165) is 28.5 Å². The van der Waals surface area contributed by atoms with Crippen molar-refractivity contribution in [2.75, 3.05) is 0 Å². The molecule has 0 aliphatic heterocycles. The minimum atomic E-state index is -0.915. The third kappa shape index (κ3) is 5.94. The van der Waals surface area contributed by atoms with Crippen LogP contribution in [0.2, 0.25) is 0 Å². The summed E-state index contributed by atoms with van der Waals surface area (Å²) in [5.74, 6) is -3.75. The smallest absolute Gasteiger partial charge is 0.251 e. The zero-order chi connectivity index (χ0) is 28.2. The van der Waals surface area contributed by atoms with E-state index >= 15 is 0 Å². The molecule has 0 aliphatic carbocycles. The Morgan fingerprint density at radius 3 is 2.35 bits per heavy atom. The van der Waals surface area contributed by atoms with Gasteiger partial charge in [-0.1, -0.05) is 54.6 Å². The maximum atomic E-state index is 14.2. The third-order valence-corrected chi connectivity index (χ3v) is 6.91. The number of fused-ring (bicyclic) bond motifs is 1. The van der Waals surface area contributed by atoms with Crippen LogP contribution in [0.3, 0.4) is 0 Å². The summed E-state index contributed by atoms with van der Waals surface area (Å²) in [5, 5.41) is 2.00. The molecule has 7 heteroatoms. The van der Waals surface area contributed by atoms with Gasteiger partial charge in [-0.05, 0) is 64.2 Å². The first-order valence-corrected chi connectivity index (χ1v) is 12.8. The Hall–Kier alpha value is -4.78. The molecule has 0 unspecified atom stereocenters. The van der Waals surface area contributed by atoms with E-state index in [4.69, 9.17) is 5.73 Å². The number of amides is 1. The van der Waals surface area contributed by atoms with Gasteiger partial charge in [-0.15, -0.1) is 0 Å². The maximum absolute atomic E-state index is 14.2. The average molecular weight is 539 g/mol. The number of hydrogen-bond acceptors (Lipinski definition) is 3. The Morgan fingerprint density at radius 2 is 1.57 bits per heavy atom. The molecule has 1 aromatic heterocycles. The number of pyridine rings is 1. The van der Waals surface area contributed by atoms with Crippen LogP contribution in [0, 0.1) is 17.5 Å². The summed E-state index contributed by atoms with van der Waals surface area (Å²) >= 11 is 0. The van der Waals surface area contributed by atoms with Crippen molar-refractivity contribution in [3.63, 3.8) is 0 Å². The van der Waals surface area contributed by atoms with Crippen molar-refractivity contribution in [3.05, 3.63) is 137 Å². The molecule has 1 heterocycles. The lowest BCUT2D eigenvalue weighted by atomic mass is 9.85. The van der Waals surface area contributed by atoms with Crippen LogP contribution in [0.15, 0.2) is 97.2 Å². The van der Waals surface area contributed by atoms with Gasteiger partial charge in [-0.25, -0.2) is 13.2 Å². The van der Waals surface area contributed by atoms with Gasteiger partial charge in [0.2, 0.25) is 0 Å². The van der Waals surface area contributed by atoms with E-state index in [2.05, 4.69) is 4.98 Å². The second-order valence-electron chi connectivity index (χ2n) is 9.73. The van der Waals surface area contributed by atoms with Crippen LogP contribution < -0.4 is 5.73 Å². The van der Waals surface area contributed by atoms with Crippen molar-refractivity contribution in [1.29, 1.82) is 0 Å². The summed E-state index contributed by atoms with van der Waals surface area (Å²) in [7, 11) is 0. The standard InChI is InChI=1S/C33H25F3N2O2/c34-25-14-20(15-26(35)19-25)13-24(17-27(39)16-22-7-3-6-21-5-1-2-8-28(21)22)32-29(9-4-12-38-32)23-10-11-31(36)30(18-23)33(37)40/h1-12,14-15,18-19,24H,13,16-17H2,(H2,37,40)/t24-/m1/s1. The highest BCUT2D eigenvalue weighted by Gasteiger charge is 2.23. The van der Waals surface area contributed by atoms with Crippen LogP contribution in [0.5, 0.6) is 0 Å². The number of carbonyl (C=O) groups is 2. The molecule has 0 saturated carbocycles. The van der Waals surface area contributed by atoms with E-state index in [1.54, 1.807) is 18.3 Å². The van der Waals surface area contributed by atoms with Crippen LogP contribution in [-0.4, -0.2) is 16.7 Å². The monoisotopic (exact) mass is 538 g/mol. The SMILES string of the molecule is NC(=O)c1cc(-c2cccnc2[C@@H](CC(=O)Cc2cccc3ccccc23)Cc2cc(F)cc(F)c2)ccc1F. The van der Waals surface area contributed by atoms with Gasteiger partial charge in [0, 0.05) is 36.6 Å². The van der Waals surface area contributed by atoms with E-state index in [-0.39, 0.29) is 30.6 Å². The minimum Gasteiger partial charge on any atom is -0.366 e. The number of aromatic nitrogens is 1. The van der Waals surface area contributed by atoms with Crippen molar-refractivity contribution in [1.82, 2.24) is 4.98 Å². The number of ketones is 1. The number of primary amides is 1. The molecule has 0 aliphatic rings. The van der Waals surface area contributed by atoms with Crippen molar-refractivity contribution >= 4 is 22.5 Å². The number of nitrogens with two attached hydrogens (primary N) is 1.